The third-order valence-corrected chi connectivity index (χ3v) is 3.74. The van der Waals surface area contributed by atoms with Crippen molar-refractivity contribution in [3.05, 3.63) is 11.6 Å². The maximum Gasteiger partial charge on any atom is 0.304 e. The van der Waals surface area contributed by atoms with E-state index in [9.17, 15) is 4.79 Å². The minimum Gasteiger partial charge on any atom is -1.00 e. The third-order valence-electron chi connectivity index (χ3n) is 1.52. The van der Waals surface area contributed by atoms with Crippen molar-refractivity contribution in [1.29, 1.82) is 0 Å². The van der Waals surface area contributed by atoms with Gasteiger partial charge in [-0.15, -0.1) is 0 Å². The molecular weight excluding hydrogens is 230 g/mol. The Kier molecular flexibility index (Phi) is 3.58. The smallest absolute Gasteiger partial charge is 0.304 e. The molecule has 0 saturated heterocycles. The van der Waals surface area contributed by atoms with Gasteiger partial charge in [-0.05, 0) is 0 Å². The Morgan fingerprint density at radius 1 is 1.77 bits per heavy atom. The second-order valence-electron chi connectivity index (χ2n) is 2.48. The highest BCUT2D eigenvalue weighted by Crippen LogP contribution is 2.30. The molecule has 1 aromatic heterocycles. The summed E-state index contributed by atoms with van der Waals surface area (Å²) in [6, 6.07) is 0. The van der Waals surface area contributed by atoms with Crippen LogP contribution in [0.1, 0.15) is 6.92 Å². The molecule has 2 rings (SSSR count). The topological polar surface area (TPSA) is 30.2 Å². The summed E-state index contributed by atoms with van der Waals surface area (Å²) in [4.78, 5) is 10.6. The molecule has 0 bridgehead atoms. The van der Waals surface area contributed by atoms with E-state index in [-0.39, 0.29) is 23.8 Å². The predicted molar refractivity (Wildman–Crippen MR) is 45.9 cm³/mol. The van der Waals surface area contributed by atoms with Crippen LogP contribution in [0.25, 0.3) is 0 Å². The Morgan fingerprint density at radius 2 is 2.54 bits per heavy atom. The second kappa shape index (κ2) is 4.30. The molecule has 0 spiro atoms. The van der Waals surface area contributed by atoms with Gasteiger partial charge in [0.05, 0.1) is 5.38 Å². The van der Waals surface area contributed by atoms with E-state index < -0.39 is 0 Å². The molecule has 0 amide bonds. The lowest BCUT2D eigenvalue weighted by Gasteiger charge is -2.02. The van der Waals surface area contributed by atoms with Gasteiger partial charge in [0.25, 0.3) is 0 Å². The van der Waals surface area contributed by atoms with Gasteiger partial charge < -0.3 is 17.1 Å². The van der Waals surface area contributed by atoms with Crippen molar-refractivity contribution in [2.24, 2.45) is 0 Å². The molecule has 1 aromatic rings. The minimum absolute atomic E-state index is 0. The van der Waals surface area contributed by atoms with Gasteiger partial charge in [-0.2, -0.15) is 4.57 Å². The molecule has 0 radical (unpaired) electrons. The Hall–Kier alpha value is -0.260. The number of nitrogens with zero attached hydrogens (tertiary/aromatic N) is 1. The lowest BCUT2D eigenvalue weighted by atomic mass is 10.6. The third kappa shape index (κ3) is 2.36. The molecule has 0 fully saturated rings. The van der Waals surface area contributed by atoms with Crippen molar-refractivity contribution >= 4 is 29.1 Å². The fourth-order valence-electron chi connectivity index (χ4n) is 1.08. The van der Waals surface area contributed by atoms with E-state index >= 15 is 0 Å². The van der Waals surface area contributed by atoms with Gasteiger partial charge in [-0.3, -0.25) is 4.79 Å². The van der Waals surface area contributed by atoms with E-state index in [0.717, 1.165) is 6.54 Å². The summed E-state index contributed by atoms with van der Waals surface area (Å²) < 4.78 is 8.37. The van der Waals surface area contributed by atoms with Crippen molar-refractivity contribution < 1.29 is 26.5 Å². The Bertz CT molecular complexity index is 295. The zero-order valence-electron chi connectivity index (χ0n) is 6.90. The Morgan fingerprint density at radius 3 is 3.15 bits per heavy atom. The fraction of sp³-hybridized carbons (Fsp3) is 0.429. The summed E-state index contributed by atoms with van der Waals surface area (Å²) in [5.74, 6) is -0.205. The van der Waals surface area contributed by atoms with Gasteiger partial charge in [0.15, 0.2) is 12.7 Å². The number of carbonyl (C=O) groups excluding carboxylic acids is 1. The Balaban J connectivity index is 0.000000845. The number of aromatic nitrogens is 1. The average molecular weight is 238 g/mol. The number of fused-ring (bicyclic) bond motifs is 1. The van der Waals surface area contributed by atoms with E-state index in [1.54, 1.807) is 23.1 Å². The molecule has 0 aliphatic carbocycles. The Labute approximate surface area is 90.5 Å². The SMILES string of the molecule is CC(=O)OC1C[n+]2ccsc2S1.[Cl-]. The lowest BCUT2D eigenvalue weighted by Crippen LogP contribution is -3.00. The van der Waals surface area contributed by atoms with Gasteiger partial charge in [-0.25, -0.2) is 0 Å². The molecule has 1 aliphatic rings. The van der Waals surface area contributed by atoms with E-state index in [1.165, 1.54) is 11.3 Å². The minimum atomic E-state index is -0.205. The summed E-state index contributed by atoms with van der Waals surface area (Å²) in [5.41, 5.74) is -0.0186. The zero-order chi connectivity index (χ0) is 8.55. The van der Waals surface area contributed by atoms with Crippen LogP contribution in [0.5, 0.6) is 0 Å². The highest BCUT2D eigenvalue weighted by atomic mass is 35.5. The van der Waals surface area contributed by atoms with Crippen LogP contribution in [0.4, 0.5) is 0 Å². The van der Waals surface area contributed by atoms with Gasteiger partial charge in [0.1, 0.15) is 0 Å². The highest BCUT2D eigenvalue weighted by Gasteiger charge is 2.33. The van der Waals surface area contributed by atoms with E-state index in [1.807, 2.05) is 11.6 Å². The molecule has 13 heavy (non-hydrogen) atoms. The van der Waals surface area contributed by atoms with Crippen LogP contribution in [-0.4, -0.2) is 11.4 Å². The van der Waals surface area contributed by atoms with Crippen molar-refractivity contribution in [3.8, 4) is 0 Å². The molecule has 1 atom stereocenters. The van der Waals surface area contributed by atoms with Crippen LogP contribution in [0, 0.1) is 0 Å². The number of esters is 1. The number of halogens is 1. The molecule has 2 heterocycles. The first-order valence-corrected chi connectivity index (χ1v) is 5.32. The number of thioether (sulfide) groups is 1. The first kappa shape index (κ1) is 10.8. The normalized spacial score (nSPS) is 19.0. The first-order chi connectivity index (χ1) is 5.75. The second-order valence-corrected chi connectivity index (χ2v) is 4.78. The molecule has 0 aromatic carbocycles. The van der Waals surface area contributed by atoms with E-state index in [4.69, 9.17) is 4.74 Å². The number of hydrogen-bond donors (Lipinski definition) is 0. The molecule has 72 valence electrons. The fourth-order valence-corrected chi connectivity index (χ4v) is 3.30. The monoisotopic (exact) mass is 237 g/mol. The van der Waals surface area contributed by atoms with Crippen molar-refractivity contribution in [3.63, 3.8) is 0 Å². The molecule has 3 nitrogen and oxygen atoms in total. The number of hydrogen-bond acceptors (Lipinski definition) is 4. The van der Waals surface area contributed by atoms with Gasteiger partial charge >= 0.3 is 10.3 Å². The molecular formula is C7H8ClNO2S2. The molecule has 0 N–H and O–H groups in total. The molecule has 6 heteroatoms. The zero-order valence-corrected chi connectivity index (χ0v) is 9.29. The highest BCUT2D eigenvalue weighted by molar-refractivity contribution is 8.01. The van der Waals surface area contributed by atoms with Crippen LogP contribution in [-0.2, 0) is 16.1 Å². The summed E-state index contributed by atoms with van der Waals surface area (Å²) >= 11 is 3.29. The summed E-state index contributed by atoms with van der Waals surface area (Å²) in [6.07, 6.45) is 2.01. The number of ether oxygens (including phenoxy) is 1. The quantitative estimate of drug-likeness (QED) is 0.420. The number of carbonyl (C=O) groups is 1. The van der Waals surface area contributed by atoms with Crippen LogP contribution < -0.4 is 17.0 Å². The molecule has 1 unspecified atom stereocenters. The van der Waals surface area contributed by atoms with Crippen LogP contribution in [0.2, 0.25) is 0 Å². The van der Waals surface area contributed by atoms with Gasteiger partial charge in [-0.1, -0.05) is 11.3 Å². The summed E-state index contributed by atoms with van der Waals surface area (Å²) in [7, 11) is 0. The molecule has 0 saturated carbocycles. The van der Waals surface area contributed by atoms with Crippen molar-refractivity contribution in [1.82, 2.24) is 0 Å². The maximum absolute atomic E-state index is 10.6. The van der Waals surface area contributed by atoms with Crippen molar-refractivity contribution in [2.75, 3.05) is 0 Å². The van der Waals surface area contributed by atoms with E-state index in [2.05, 4.69) is 4.57 Å². The lowest BCUT2D eigenvalue weighted by molar-refractivity contribution is -0.722. The van der Waals surface area contributed by atoms with Crippen molar-refractivity contribution in [2.45, 2.75) is 23.2 Å². The first-order valence-electron chi connectivity index (χ1n) is 3.56. The summed E-state index contributed by atoms with van der Waals surface area (Å²) in [6.45, 7) is 2.22. The maximum atomic E-state index is 10.6. The largest absolute Gasteiger partial charge is 1.00 e. The average Bonchev–Trinajstić information content (AvgIpc) is 2.43. The predicted octanol–water partition coefficient (Wildman–Crippen LogP) is -1.97. The summed E-state index contributed by atoms with van der Waals surface area (Å²) in [5, 5.41) is 2.03. The molecule has 1 aliphatic heterocycles. The van der Waals surface area contributed by atoms with Crippen LogP contribution in [0.3, 0.4) is 0 Å². The van der Waals surface area contributed by atoms with E-state index in [0.29, 0.717) is 0 Å². The van der Waals surface area contributed by atoms with Crippen LogP contribution >= 0.6 is 23.1 Å². The van der Waals surface area contributed by atoms with Crippen LogP contribution in [0.15, 0.2) is 15.9 Å². The number of rotatable bonds is 1. The van der Waals surface area contributed by atoms with Gasteiger partial charge in [0, 0.05) is 18.7 Å². The standard InChI is InChI=1S/C7H8NO2S2.ClH/c1-5(9)10-6-4-8-2-3-11-7(8)12-6;/h2-3,6H,4H2,1H3;1H/q+1;/p-1. The number of thiazole rings is 1. The van der Waals surface area contributed by atoms with Gasteiger partial charge in [0.2, 0.25) is 5.44 Å².